The molecular formula is C17H28N2O2. The standard InChI is InChI=1S/C17H28N2O2/c1-5-7-11-20-17-15(13(3)6-2)18-16(21-17)14-9-8-10-19(4)12-14/h9,13H,5-8,10-12H2,1-4H3. The summed E-state index contributed by atoms with van der Waals surface area (Å²) in [5.41, 5.74) is 2.15. The molecular weight excluding hydrogens is 264 g/mol. The van der Waals surface area contributed by atoms with E-state index in [1.807, 2.05) is 0 Å². The second kappa shape index (κ2) is 7.64. The van der Waals surface area contributed by atoms with Crippen LogP contribution in [0.2, 0.25) is 0 Å². The molecule has 0 spiro atoms. The van der Waals surface area contributed by atoms with Crippen molar-refractivity contribution in [2.45, 2.75) is 52.4 Å². The maximum absolute atomic E-state index is 5.94. The maximum atomic E-state index is 5.94. The zero-order valence-corrected chi connectivity index (χ0v) is 13.8. The molecule has 4 nitrogen and oxygen atoms in total. The molecule has 2 heterocycles. The summed E-state index contributed by atoms with van der Waals surface area (Å²) in [7, 11) is 2.13. The van der Waals surface area contributed by atoms with Crippen molar-refractivity contribution in [1.29, 1.82) is 0 Å². The predicted octanol–water partition coefficient (Wildman–Crippen LogP) is 4.09. The van der Waals surface area contributed by atoms with Crippen LogP contribution in [0.15, 0.2) is 10.5 Å². The minimum Gasteiger partial charge on any atom is -0.464 e. The second-order valence-electron chi connectivity index (χ2n) is 5.96. The summed E-state index contributed by atoms with van der Waals surface area (Å²) in [5, 5.41) is 0. The van der Waals surface area contributed by atoms with Gasteiger partial charge < -0.3 is 14.1 Å². The van der Waals surface area contributed by atoms with Gasteiger partial charge >= 0.3 is 5.95 Å². The Labute approximate surface area is 128 Å². The van der Waals surface area contributed by atoms with E-state index in [9.17, 15) is 0 Å². The van der Waals surface area contributed by atoms with E-state index < -0.39 is 0 Å². The number of aromatic nitrogens is 1. The van der Waals surface area contributed by atoms with Crippen LogP contribution in [0.25, 0.3) is 5.57 Å². The summed E-state index contributed by atoms with van der Waals surface area (Å²) in [5.74, 6) is 1.73. The number of oxazole rings is 1. The largest absolute Gasteiger partial charge is 0.464 e. The minimum atomic E-state index is 0.362. The van der Waals surface area contributed by atoms with Gasteiger partial charge in [0.15, 0.2) is 0 Å². The number of unbranched alkanes of at least 4 members (excludes halogenated alkanes) is 1. The van der Waals surface area contributed by atoms with Gasteiger partial charge in [-0.05, 0) is 26.3 Å². The molecule has 21 heavy (non-hydrogen) atoms. The third-order valence-corrected chi connectivity index (χ3v) is 4.05. The van der Waals surface area contributed by atoms with Crippen molar-refractivity contribution < 1.29 is 9.15 Å². The van der Waals surface area contributed by atoms with Gasteiger partial charge in [-0.15, -0.1) is 0 Å². The summed E-state index contributed by atoms with van der Waals surface area (Å²) in [6.45, 7) is 9.20. The summed E-state index contributed by atoms with van der Waals surface area (Å²) < 4.78 is 11.8. The lowest BCUT2D eigenvalue weighted by atomic mass is 10.1. The van der Waals surface area contributed by atoms with E-state index in [1.165, 1.54) is 5.57 Å². The Morgan fingerprint density at radius 1 is 1.43 bits per heavy atom. The van der Waals surface area contributed by atoms with Crippen LogP contribution in [0, 0.1) is 0 Å². The highest BCUT2D eigenvalue weighted by atomic mass is 16.6. The Morgan fingerprint density at radius 3 is 2.90 bits per heavy atom. The summed E-state index contributed by atoms with van der Waals surface area (Å²) >= 11 is 0. The lowest BCUT2D eigenvalue weighted by Crippen LogP contribution is -2.25. The smallest absolute Gasteiger partial charge is 0.309 e. The number of nitrogens with zero attached hydrogens (tertiary/aromatic N) is 2. The van der Waals surface area contributed by atoms with Gasteiger partial charge in [-0.25, -0.2) is 4.98 Å². The fourth-order valence-corrected chi connectivity index (χ4v) is 2.42. The predicted molar refractivity (Wildman–Crippen MR) is 85.7 cm³/mol. The van der Waals surface area contributed by atoms with Crippen molar-refractivity contribution in [2.75, 3.05) is 26.7 Å². The van der Waals surface area contributed by atoms with Crippen LogP contribution in [-0.2, 0) is 0 Å². The molecule has 1 aromatic rings. The van der Waals surface area contributed by atoms with Gasteiger partial charge in [-0.1, -0.05) is 33.3 Å². The monoisotopic (exact) mass is 292 g/mol. The number of ether oxygens (including phenoxy) is 1. The third-order valence-electron chi connectivity index (χ3n) is 4.05. The molecule has 1 unspecified atom stereocenters. The van der Waals surface area contributed by atoms with E-state index in [-0.39, 0.29) is 0 Å². The van der Waals surface area contributed by atoms with Crippen LogP contribution in [-0.4, -0.2) is 36.6 Å². The molecule has 0 saturated heterocycles. The molecule has 1 aliphatic heterocycles. The van der Waals surface area contributed by atoms with Crippen molar-refractivity contribution in [3.8, 4) is 5.95 Å². The van der Waals surface area contributed by atoms with Gasteiger partial charge in [-0.2, -0.15) is 0 Å². The van der Waals surface area contributed by atoms with Gasteiger partial charge in [0, 0.05) is 24.6 Å². The summed E-state index contributed by atoms with van der Waals surface area (Å²) in [4.78, 5) is 7.02. The Morgan fingerprint density at radius 2 is 2.24 bits per heavy atom. The van der Waals surface area contributed by atoms with Gasteiger partial charge in [0.25, 0.3) is 0 Å². The van der Waals surface area contributed by atoms with Gasteiger partial charge in [0.2, 0.25) is 5.89 Å². The summed E-state index contributed by atoms with van der Waals surface area (Å²) in [6, 6.07) is 0. The molecule has 2 rings (SSSR count). The van der Waals surface area contributed by atoms with Crippen LogP contribution in [0.1, 0.15) is 64.0 Å². The number of rotatable bonds is 7. The number of hydrogen-bond acceptors (Lipinski definition) is 4. The van der Waals surface area contributed by atoms with Crippen molar-refractivity contribution in [3.05, 3.63) is 17.7 Å². The molecule has 118 valence electrons. The highest BCUT2D eigenvalue weighted by molar-refractivity contribution is 5.61. The lowest BCUT2D eigenvalue weighted by molar-refractivity contribution is 0.231. The van der Waals surface area contributed by atoms with Gasteiger partial charge in [0.1, 0.15) is 5.69 Å². The van der Waals surface area contributed by atoms with E-state index in [0.29, 0.717) is 18.5 Å². The number of likely N-dealkylation sites (N-methyl/N-ethyl adjacent to an activating group) is 1. The van der Waals surface area contributed by atoms with E-state index in [1.54, 1.807) is 0 Å². The van der Waals surface area contributed by atoms with Gasteiger partial charge in [0.05, 0.1) is 6.61 Å². The molecule has 1 aromatic heterocycles. The van der Waals surface area contributed by atoms with Crippen LogP contribution >= 0.6 is 0 Å². The van der Waals surface area contributed by atoms with Crippen molar-refractivity contribution in [2.24, 2.45) is 0 Å². The Bertz CT molecular complexity index is 479. The zero-order chi connectivity index (χ0) is 15.2. The van der Waals surface area contributed by atoms with Crippen molar-refractivity contribution in [3.63, 3.8) is 0 Å². The van der Waals surface area contributed by atoms with E-state index in [2.05, 4.69) is 38.8 Å². The Balaban J connectivity index is 2.20. The number of hydrogen-bond donors (Lipinski definition) is 0. The quantitative estimate of drug-likeness (QED) is 0.710. The first-order valence-corrected chi connectivity index (χ1v) is 8.17. The lowest BCUT2D eigenvalue weighted by Gasteiger charge is -2.20. The van der Waals surface area contributed by atoms with Crippen LogP contribution in [0.5, 0.6) is 5.95 Å². The van der Waals surface area contributed by atoms with E-state index in [4.69, 9.17) is 14.1 Å². The van der Waals surface area contributed by atoms with E-state index in [0.717, 1.165) is 50.4 Å². The molecule has 4 heteroatoms. The second-order valence-corrected chi connectivity index (χ2v) is 5.96. The van der Waals surface area contributed by atoms with Crippen LogP contribution in [0.3, 0.4) is 0 Å². The van der Waals surface area contributed by atoms with E-state index >= 15 is 0 Å². The third kappa shape index (κ3) is 4.10. The topological polar surface area (TPSA) is 38.5 Å². The Hall–Kier alpha value is -1.29. The minimum absolute atomic E-state index is 0.362. The molecule has 0 bridgehead atoms. The molecule has 0 aromatic carbocycles. The molecule has 0 saturated carbocycles. The molecule has 0 fully saturated rings. The highest BCUT2D eigenvalue weighted by Crippen LogP contribution is 2.32. The maximum Gasteiger partial charge on any atom is 0.309 e. The molecule has 0 N–H and O–H groups in total. The van der Waals surface area contributed by atoms with Crippen molar-refractivity contribution >= 4 is 5.57 Å². The van der Waals surface area contributed by atoms with Gasteiger partial charge in [-0.3, -0.25) is 0 Å². The summed E-state index contributed by atoms with van der Waals surface area (Å²) in [6.07, 6.45) is 6.49. The fraction of sp³-hybridized carbons (Fsp3) is 0.706. The first-order chi connectivity index (χ1) is 10.2. The van der Waals surface area contributed by atoms with Crippen LogP contribution < -0.4 is 4.74 Å². The van der Waals surface area contributed by atoms with Crippen LogP contribution in [0.4, 0.5) is 0 Å². The SMILES string of the molecule is CCCCOc1oc(C2=CCCN(C)C2)nc1C(C)CC. The highest BCUT2D eigenvalue weighted by Gasteiger charge is 2.22. The first-order valence-electron chi connectivity index (χ1n) is 8.17. The Kier molecular flexibility index (Phi) is 5.85. The van der Waals surface area contributed by atoms with Crippen molar-refractivity contribution in [1.82, 2.24) is 9.88 Å². The normalized spacial score (nSPS) is 17.6. The molecule has 1 aliphatic rings. The molecule has 1 atom stereocenters. The average molecular weight is 292 g/mol. The molecule has 0 radical (unpaired) electrons. The zero-order valence-electron chi connectivity index (χ0n) is 13.8. The average Bonchev–Trinajstić information content (AvgIpc) is 2.91. The molecule has 0 aliphatic carbocycles. The fourth-order valence-electron chi connectivity index (χ4n) is 2.42. The molecule has 0 amide bonds. The first kappa shape index (κ1) is 16.1.